The van der Waals surface area contributed by atoms with Gasteiger partial charge in [0.25, 0.3) is 0 Å². The second-order valence-electron chi connectivity index (χ2n) is 8.63. The van der Waals surface area contributed by atoms with Crippen LogP contribution in [0.1, 0.15) is 62.9 Å². The van der Waals surface area contributed by atoms with Gasteiger partial charge in [-0.15, -0.1) is 0 Å². The summed E-state index contributed by atoms with van der Waals surface area (Å²) in [7, 11) is 0. The van der Waals surface area contributed by atoms with E-state index >= 15 is 0 Å². The fourth-order valence-corrected chi connectivity index (χ4v) is 3.35. The average Bonchev–Trinajstić information content (AvgIpc) is 2.70. The Labute approximate surface area is 180 Å². The molecule has 0 radical (unpaired) electrons. The van der Waals surface area contributed by atoms with Gasteiger partial charge in [-0.25, -0.2) is 4.79 Å². The van der Waals surface area contributed by atoms with E-state index in [1.807, 2.05) is 25.1 Å². The minimum absolute atomic E-state index is 0.169. The molecule has 0 aliphatic carbocycles. The molecule has 5 heteroatoms. The molecule has 0 spiro atoms. The number of carbonyl (C=O) groups excluding carboxylic acids is 1. The summed E-state index contributed by atoms with van der Waals surface area (Å²) in [5.74, 6) is 1.21. The molecular formula is C25H35NO4. The molecule has 0 aromatic heterocycles. The highest BCUT2D eigenvalue weighted by molar-refractivity contribution is 5.89. The number of benzene rings is 2. The first-order valence-corrected chi connectivity index (χ1v) is 10.6. The van der Waals surface area contributed by atoms with Gasteiger partial charge < -0.3 is 19.9 Å². The lowest BCUT2D eigenvalue weighted by Gasteiger charge is -2.32. The van der Waals surface area contributed by atoms with E-state index in [4.69, 9.17) is 19.9 Å². The van der Waals surface area contributed by atoms with Crippen LogP contribution in [-0.4, -0.2) is 31.0 Å². The monoisotopic (exact) mass is 413 g/mol. The summed E-state index contributed by atoms with van der Waals surface area (Å²) < 4.78 is 16.6. The smallest absolute Gasteiger partial charge is 0.338 e. The van der Waals surface area contributed by atoms with Crippen molar-refractivity contribution in [3.8, 4) is 5.75 Å². The lowest BCUT2D eigenvalue weighted by atomic mass is 9.77. The van der Waals surface area contributed by atoms with E-state index in [2.05, 4.69) is 39.8 Å². The van der Waals surface area contributed by atoms with Crippen molar-refractivity contribution in [3.05, 3.63) is 65.7 Å². The highest BCUT2D eigenvalue weighted by Crippen LogP contribution is 2.33. The molecule has 0 amide bonds. The van der Waals surface area contributed by atoms with E-state index in [-0.39, 0.29) is 30.6 Å². The molecule has 2 aromatic rings. The van der Waals surface area contributed by atoms with Crippen LogP contribution in [0.2, 0.25) is 0 Å². The Morgan fingerprint density at radius 3 is 2.17 bits per heavy atom. The second-order valence-corrected chi connectivity index (χ2v) is 8.63. The van der Waals surface area contributed by atoms with Gasteiger partial charge in [-0.05, 0) is 62.9 Å². The SMILES string of the molecule is CC(C)CC(c1ccc(OC(C)OCCOC(=O)c2ccccc2)cc1)C(C)(C)N. The Hall–Kier alpha value is -2.37. The van der Waals surface area contributed by atoms with E-state index in [9.17, 15) is 4.79 Å². The van der Waals surface area contributed by atoms with Crippen molar-refractivity contribution in [2.24, 2.45) is 11.7 Å². The summed E-state index contributed by atoms with van der Waals surface area (Å²) in [4.78, 5) is 11.9. The molecule has 2 rings (SSSR count). The number of ether oxygens (including phenoxy) is 3. The number of hydrogen-bond donors (Lipinski definition) is 1. The molecule has 2 aromatic carbocycles. The zero-order valence-corrected chi connectivity index (χ0v) is 18.8. The number of esters is 1. The van der Waals surface area contributed by atoms with Crippen molar-refractivity contribution in [1.29, 1.82) is 0 Å². The van der Waals surface area contributed by atoms with Gasteiger partial charge in [0.15, 0.2) is 6.29 Å². The molecule has 0 heterocycles. The van der Waals surface area contributed by atoms with Crippen molar-refractivity contribution in [1.82, 2.24) is 0 Å². The zero-order chi connectivity index (χ0) is 22.1. The van der Waals surface area contributed by atoms with Crippen LogP contribution in [0.15, 0.2) is 54.6 Å². The van der Waals surface area contributed by atoms with Gasteiger partial charge in [0.1, 0.15) is 12.4 Å². The number of hydrogen-bond acceptors (Lipinski definition) is 5. The fourth-order valence-electron chi connectivity index (χ4n) is 3.35. The van der Waals surface area contributed by atoms with Crippen molar-refractivity contribution in [2.75, 3.05) is 13.2 Å². The zero-order valence-electron chi connectivity index (χ0n) is 18.8. The van der Waals surface area contributed by atoms with Crippen LogP contribution in [0, 0.1) is 5.92 Å². The van der Waals surface area contributed by atoms with Gasteiger partial charge in [0, 0.05) is 11.5 Å². The minimum atomic E-state index is -0.455. The summed E-state index contributed by atoms with van der Waals surface area (Å²) in [5.41, 5.74) is 7.87. The summed E-state index contributed by atoms with van der Waals surface area (Å²) >= 11 is 0. The molecule has 30 heavy (non-hydrogen) atoms. The Balaban J connectivity index is 1.80. The van der Waals surface area contributed by atoms with Crippen molar-refractivity contribution in [3.63, 3.8) is 0 Å². The van der Waals surface area contributed by atoms with Crippen molar-refractivity contribution in [2.45, 2.75) is 58.8 Å². The van der Waals surface area contributed by atoms with Gasteiger partial charge in [-0.3, -0.25) is 0 Å². The summed E-state index contributed by atoms with van der Waals surface area (Å²) in [6.45, 7) is 10.8. The van der Waals surface area contributed by atoms with E-state index in [0.717, 1.165) is 12.2 Å². The van der Waals surface area contributed by atoms with Crippen LogP contribution in [0.3, 0.4) is 0 Å². The third kappa shape index (κ3) is 7.81. The highest BCUT2D eigenvalue weighted by Gasteiger charge is 2.27. The summed E-state index contributed by atoms with van der Waals surface area (Å²) in [5, 5.41) is 0. The molecule has 0 fully saturated rings. The van der Waals surface area contributed by atoms with Crippen molar-refractivity contribution < 1.29 is 19.0 Å². The quantitative estimate of drug-likeness (QED) is 0.313. The van der Waals surface area contributed by atoms with Crippen LogP contribution in [0.25, 0.3) is 0 Å². The van der Waals surface area contributed by atoms with Gasteiger partial charge in [0.05, 0.1) is 12.2 Å². The van der Waals surface area contributed by atoms with Crippen molar-refractivity contribution >= 4 is 5.97 Å². The molecule has 164 valence electrons. The van der Waals surface area contributed by atoms with Gasteiger partial charge in [0.2, 0.25) is 0 Å². The molecule has 0 saturated carbocycles. The Bertz CT molecular complexity index is 766. The first-order chi connectivity index (χ1) is 14.2. The highest BCUT2D eigenvalue weighted by atomic mass is 16.7. The maximum Gasteiger partial charge on any atom is 0.338 e. The normalized spacial score (nSPS) is 13.7. The first kappa shape index (κ1) is 23.9. The Morgan fingerprint density at radius 1 is 0.967 bits per heavy atom. The second kappa shape index (κ2) is 11.1. The van der Waals surface area contributed by atoms with Crippen LogP contribution in [-0.2, 0) is 9.47 Å². The molecule has 0 aliphatic heterocycles. The van der Waals surface area contributed by atoms with Crippen LogP contribution < -0.4 is 10.5 Å². The maximum absolute atomic E-state index is 11.9. The maximum atomic E-state index is 11.9. The number of rotatable bonds is 11. The van der Waals surface area contributed by atoms with E-state index in [1.165, 1.54) is 5.56 Å². The van der Waals surface area contributed by atoms with Crippen LogP contribution >= 0.6 is 0 Å². The number of carbonyl (C=O) groups is 1. The van der Waals surface area contributed by atoms with E-state index < -0.39 is 6.29 Å². The molecule has 2 unspecified atom stereocenters. The molecule has 0 bridgehead atoms. The average molecular weight is 414 g/mol. The standard InChI is InChI=1S/C25H35NO4/c1-18(2)17-23(25(4,5)26)20-11-13-22(14-12-20)30-19(3)28-15-16-29-24(27)21-9-7-6-8-10-21/h6-14,18-19,23H,15-17,26H2,1-5H3. The van der Waals surface area contributed by atoms with Crippen LogP contribution in [0.5, 0.6) is 5.75 Å². The molecule has 5 nitrogen and oxygen atoms in total. The predicted molar refractivity (Wildman–Crippen MR) is 120 cm³/mol. The lowest BCUT2D eigenvalue weighted by molar-refractivity contribution is -0.0784. The number of nitrogens with two attached hydrogens (primary N) is 1. The summed E-state index contributed by atoms with van der Waals surface area (Å²) in [6.07, 6.45) is 0.578. The van der Waals surface area contributed by atoms with E-state index in [0.29, 0.717) is 11.5 Å². The van der Waals surface area contributed by atoms with E-state index in [1.54, 1.807) is 24.3 Å². The Kier molecular flexibility index (Phi) is 8.88. The molecule has 0 aliphatic rings. The summed E-state index contributed by atoms with van der Waals surface area (Å²) in [6, 6.07) is 16.9. The third-order valence-electron chi connectivity index (χ3n) is 4.87. The molecule has 2 N–H and O–H groups in total. The topological polar surface area (TPSA) is 70.8 Å². The lowest BCUT2D eigenvalue weighted by Crippen LogP contribution is -2.39. The largest absolute Gasteiger partial charge is 0.465 e. The third-order valence-corrected chi connectivity index (χ3v) is 4.87. The minimum Gasteiger partial charge on any atom is -0.465 e. The fraction of sp³-hybridized carbons (Fsp3) is 0.480. The molecular weight excluding hydrogens is 378 g/mol. The van der Waals surface area contributed by atoms with Gasteiger partial charge in [-0.1, -0.05) is 44.2 Å². The predicted octanol–water partition coefficient (Wildman–Crippen LogP) is 5.15. The van der Waals surface area contributed by atoms with Crippen LogP contribution in [0.4, 0.5) is 0 Å². The first-order valence-electron chi connectivity index (χ1n) is 10.6. The van der Waals surface area contributed by atoms with Gasteiger partial charge in [-0.2, -0.15) is 0 Å². The van der Waals surface area contributed by atoms with Gasteiger partial charge >= 0.3 is 5.97 Å². The molecule has 0 saturated heterocycles. The molecule has 2 atom stereocenters. The Morgan fingerprint density at radius 2 is 1.60 bits per heavy atom.